The van der Waals surface area contributed by atoms with Crippen molar-refractivity contribution in [1.29, 1.82) is 0 Å². The summed E-state index contributed by atoms with van der Waals surface area (Å²) in [6.07, 6.45) is 1.05. The molecule has 4 aromatic carbocycles. The van der Waals surface area contributed by atoms with Crippen LogP contribution in [0.5, 0.6) is 0 Å². The maximum absolute atomic E-state index is 3.62. The molecule has 0 amide bonds. The Labute approximate surface area is 176 Å². The van der Waals surface area contributed by atoms with Gasteiger partial charge in [0, 0.05) is 0 Å². The first-order valence-electron chi connectivity index (χ1n) is 9.63. The van der Waals surface area contributed by atoms with Gasteiger partial charge in [-0.15, -0.1) is 0 Å². The number of hydrogen-bond acceptors (Lipinski definition) is 0. The van der Waals surface area contributed by atoms with E-state index in [0.29, 0.717) is 0 Å². The molecule has 0 saturated heterocycles. The molecule has 0 fully saturated rings. The standard InChI is InChI=1S/C26H24BrP/c27-20-22-11-10-12-23(19-22)21-28(24-13-4-1-5-14-24,25-15-6-2-7-16-25)26-17-8-3-9-18-26/h1-19,28H,20-21H2. The van der Waals surface area contributed by atoms with Gasteiger partial charge in [0.15, 0.2) is 0 Å². The third kappa shape index (κ3) is 3.83. The summed E-state index contributed by atoms with van der Waals surface area (Å²) in [5, 5.41) is 5.25. The predicted octanol–water partition coefficient (Wildman–Crippen LogP) is 5.81. The Balaban J connectivity index is 1.98. The van der Waals surface area contributed by atoms with Crippen LogP contribution in [0.3, 0.4) is 0 Å². The van der Waals surface area contributed by atoms with E-state index in [4.69, 9.17) is 0 Å². The van der Waals surface area contributed by atoms with Crippen molar-refractivity contribution < 1.29 is 0 Å². The second kappa shape index (κ2) is 8.86. The molecule has 0 aliphatic rings. The van der Waals surface area contributed by atoms with E-state index in [0.717, 1.165) is 11.5 Å². The first-order valence-corrected chi connectivity index (χ1v) is 13.0. The Morgan fingerprint density at radius 2 is 0.929 bits per heavy atom. The van der Waals surface area contributed by atoms with Crippen molar-refractivity contribution in [3.8, 4) is 0 Å². The molecule has 28 heavy (non-hydrogen) atoms. The van der Waals surface area contributed by atoms with Gasteiger partial charge in [-0.3, -0.25) is 0 Å². The summed E-state index contributed by atoms with van der Waals surface area (Å²) in [6, 6.07) is 42.3. The zero-order chi connectivity index (χ0) is 19.2. The topological polar surface area (TPSA) is 0 Å². The van der Waals surface area contributed by atoms with Crippen LogP contribution in [0, 0.1) is 0 Å². The van der Waals surface area contributed by atoms with E-state index in [1.54, 1.807) is 0 Å². The van der Waals surface area contributed by atoms with Crippen LogP contribution in [-0.2, 0) is 11.5 Å². The van der Waals surface area contributed by atoms with E-state index >= 15 is 0 Å². The Bertz CT molecular complexity index is 917. The first kappa shape index (κ1) is 19.1. The van der Waals surface area contributed by atoms with Crippen molar-refractivity contribution >= 4 is 39.1 Å². The number of rotatable bonds is 6. The van der Waals surface area contributed by atoms with E-state index in [1.807, 2.05) is 0 Å². The van der Waals surface area contributed by atoms with Gasteiger partial charge >= 0.3 is 177 Å². The maximum atomic E-state index is 3.62. The SMILES string of the molecule is BrCc1cccc(C[PH](c2ccccc2)(c2ccccc2)c2ccccc2)c1. The van der Waals surface area contributed by atoms with Gasteiger partial charge in [0.2, 0.25) is 0 Å². The van der Waals surface area contributed by atoms with Crippen LogP contribution in [0.25, 0.3) is 0 Å². The van der Waals surface area contributed by atoms with Crippen molar-refractivity contribution in [2.24, 2.45) is 0 Å². The van der Waals surface area contributed by atoms with Crippen LogP contribution in [-0.4, -0.2) is 0 Å². The molecule has 0 heterocycles. The van der Waals surface area contributed by atoms with Crippen LogP contribution in [0.1, 0.15) is 11.1 Å². The Hall–Kier alpha value is -2.21. The van der Waals surface area contributed by atoms with Crippen LogP contribution >= 0.6 is 23.2 Å². The van der Waals surface area contributed by atoms with Gasteiger partial charge in [0.25, 0.3) is 0 Å². The van der Waals surface area contributed by atoms with Gasteiger partial charge < -0.3 is 0 Å². The molecule has 0 spiro atoms. The predicted molar refractivity (Wildman–Crippen MR) is 129 cm³/mol. The summed E-state index contributed by atoms with van der Waals surface area (Å²) in [5.41, 5.74) is 2.73. The molecule has 0 bridgehead atoms. The van der Waals surface area contributed by atoms with Crippen molar-refractivity contribution in [3.05, 3.63) is 126 Å². The van der Waals surface area contributed by atoms with Gasteiger partial charge in [-0.2, -0.15) is 0 Å². The average Bonchev–Trinajstić information content (AvgIpc) is 2.79. The van der Waals surface area contributed by atoms with Crippen molar-refractivity contribution in [2.45, 2.75) is 11.5 Å². The zero-order valence-electron chi connectivity index (χ0n) is 15.8. The monoisotopic (exact) mass is 446 g/mol. The number of benzene rings is 4. The fourth-order valence-corrected chi connectivity index (χ4v) is 9.18. The molecule has 2 heteroatoms. The van der Waals surface area contributed by atoms with E-state index in [-0.39, 0.29) is 0 Å². The Kier molecular flexibility index (Phi) is 6.05. The normalized spacial score (nSPS) is 11.9. The Morgan fingerprint density at radius 3 is 1.36 bits per heavy atom. The quantitative estimate of drug-likeness (QED) is 0.259. The van der Waals surface area contributed by atoms with E-state index in [1.165, 1.54) is 27.0 Å². The summed E-state index contributed by atoms with van der Waals surface area (Å²) >= 11 is 3.62. The third-order valence-corrected chi connectivity index (χ3v) is 11.0. The number of hydrogen-bond donors (Lipinski definition) is 0. The van der Waals surface area contributed by atoms with Gasteiger partial charge in [0.05, 0.1) is 0 Å². The molecule has 0 atom stereocenters. The molecule has 140 valence electrons. The number of halogens is 1. The molecule has 0 aromatic heterocycles. The molecular formula is C26H24BrP. The second-order valence-electron chi connectivity index (χ2n) is 7.13. The van der Waals surface area contributed by atoms with Crippen LogP contribution in [0.2, 0.25) is 0 Å². The van der Waals surface area contributed by atoms with E-state index in [2.05, 4.69) is 131 Å². The van der Waals surface area contributed by atoms with E-state index in [9.17, 15) is 0 Å². The van der Waals surface area contributed by atoms with Gasteiger partial charge in [0.1, 0.15) is 0 Å². The molecule has 0 saturated carbocycles. The van der Waals surface area contributed by atoms with Crippen molar-refractivity contribution in [2.75, 3.05) is 0 Å². The average molecular weight is 447 g/mol. The summed E-state index contributed by atoms with van der Waals surface area (Å²) < 4.78 is 0. The molecule has 0 aliphatic carbocycles. The first-order chi connectivity index (χ1) is 13.8. The number of alkyl halides is 1. The molecule has 0 N–H and O–H groups in total. The fourth-order valence-electron chi connectivity index (χ4n) is 4.10. The fraction of sp³-hybridized carbons (Fsp3) is 0.0769. The minimum absolute atomic E-state index is 0.886. The minimum atomic E-state index is -2.22. The molecule has 0 unspecified atom stereocenters. The molecule has 0 radical (unpaired) electrons. The second-order valence-corrected chi connectivity index (χ2v) is 11.6. The van der Waals surface area contributed by atoms with E-state index < -0.39 is 7.26 Å². The van der Waals surface area contributed by atoms with Gasteiger partial charge in [-0.1, -0.05) is 0 Å². The molecule has 0 aliphatic heterocycles. The van der Waals surface area contributed by atoms with Crippen molar-refractivity contribution in [3.63, 3.8) is 0 Å². The van der Waals surface area contributed by atoms with Crippen LogP contribution < -0.4 is 15.9 Å². The van der Waals surface area contributed by atoms with Gasteiger partial charge in [-0.25, -0.2) is 0 Å². The summed E-state index contributed by atoms with van der Waals surface area (Å²) in [7, 11) is -2.22. The summed E-state index contributed by atoms with van der Waals surface area (Å²) in [5.74, 6) is 0. The molecule has 4 aromatic rings. The van der Waals surface area contributed by atoms with Crippen LogP contribution in [0.15, 0.2) is 115 Å². The van der Waals surface area contributed by atoms with Crippen molar-refractivity contribution in [1.82, 2.24) is 0 Å². The zero-order valence-corrected chi connectivity index (χ0v) is 18.3. The molecule has 0 nitrogen and oxygen atoms in total. The third-order valence-electron chi connectivity index (χ3n) is 5.41. The Morgan fingerprint density at radius 1 is 0.500 bits per heavy atom. The van der Waals surface area contributed by atoms with Gasteiger partial charge in [-0.05, 0) is 0 Å². The summed E-state index contributed by atoms with van der Waals surface area (Å²) in [6.45, 7) is 0. The van der Waals surface area contributed by atoms with Crippen LogP contribution in [0.4, 0.5) is 0 Å². The molecular weight excluding hydrogens is 423 g/mol. The summed E-state index contributed by atoms with van der Waals surface area (Å²) in [4.78, 5) is 0. The molecule has 4 rings (SSSR count).